The third-order valence-electron chi connectivity index (χ3n) is 11.9. The Bertz CT molecular complexity index is 2610. The molecule has 0 aliphatic carbocycles. The quantitative estimate of drug-likeness (QED) is 0.128. The molecule has 6 aromatic rings. The molecule has 3 fully saturated rings. The van der Waals surface area contributed by atoms with Gasteiger partial charge in [0.05, 0.1) is 41.3 Å². The SMILES string of the molecule is CC(C)C(C)n1cc(-c2ccc(COc3c(-c4ccc(F)c5sc(N)c(C#N)c45)c(C(F)(F)F)cc4c(N5CC6CCC(C5)N6)nc(OC5CCOCC5)nc34)cc2)nn1. The number of halogens is 4. The number of rotatable bonds is 10. The number of thiophene rings is 1. The zero-order valence-electron chi connectivity index (χ0n) is 33.2. The number of piperazine rings is 1. The molecule has 60 heavy (non-hydrogen) atoms. The number of nitriles is 1. The molecule has 0 spiro atoms. The molecule has 3 aliphatic heterocycles. The summed E-state index contributed by atoms with van der Waals surface area (Å²) in [7, 11) is 0. The summed E-state index contributed by atoms with van der Waals surface area (Å²) >= 11 is 0.804. The van der Waals surface area contributed by atoms with Crippen LogP contribution >= 0.6 is 11.3 Å². The fourth-order valence-corrected chi connectivity index (χ4v) is 9.34. The molecule has 3 unspecified atom stereocenters. The van der Waals surface area contributed by atoms with E-state index >= 15 is 17.6 Å². The predicted octanol–water partition coefficient (Wildman–Crippen LogP) is 8.68. The maximum Gasteiger partial charge on any atom is 0.417 e. The summed E-state index contributed by atoms with van der Waals surface area (Å²) in [6.07, 6.45) is -0.302. The van der Waals surface area contributed by atoms with Crippen molar-refractivity contribution in [3.05, 3.63) is 71.2 Å². The van der Waals surface area contributed by atoms with Gasteiger partial charge in [-0.1, -0.05) is 49.4 Å². The van der Waals surface area contributed by atoms with Crippen molar-refractivity contribution in [2.24, 2.45) is 5.92 Å². The van der Waals surface area contributed by atoms with Crippen LogP contribution in [0.1, 0.15) is 69.2 Å². The van der Waals surface area contributed by atoms with E-state index < -0.39 is 23.1 Å². The number of ether oxygens (including phenoxy) is 3. The van der Waals surface area contributed by atoms with Crippen LogP contribution in [-0.4, -0.2) is 69.5 Å². The minimum absolute atomic E-state index is 0.00299. The van der Waals surface area contributed by atoms with Crippen LogP contribution in [0.4, 0.5) is 28.4 Å². The van der Waals surface area contributed by atoms with Crippen molar-refractivity contribution in [1.29, 1.82) is 5.26 Å². The van der Waals surface area contributed by atoms with Crippen LogP contribution in [0.2, 0.25) is 0 Å². The number of anilines is 2. The largest absolute Gasteiger partial charge is 0.486 e. The van der Waals surface area contributed by atoms with Gasteiger partial charge in [-0.15, -0.1) is 16.4 Å². The van der Waals surface area contributed by atoms with Crippen LogP contribution in [0.15, 0.2) is 48.7 Å². The maximum atomic E-state index is 15.7. The summed E-state index contributed by atoms with van der Waals surface area (Å²) in [5.41, 5.74) is 6.76. The third-order valence-corrected chi connectivity index (χ3v) is 12.9. The molecule has 6 heterocycles. The molecule has 2 bridgehead atoms. The first kappa shape index (κ1) is 39.9. The number of nitrogens with two attached hydrogens (primary N) is 1. The lowest BCUT2D eigenvalue weighted by molar-refractivity contribution is -0.137. The molecule has 12 nitrogen and oxygen atoms in total. The Morgan fingerprint density at radius 1 is 1.03 bits per heavy atom. The second-order valence-corrected chi connectivity index (χ2v) is 17.2. The van der Waals surface area contributed by atoms with Crippen LogP contribution in [0.5, 0.6) is 11.8 Å². The summed E-state index contributed by atoms with van der Waals surface area (Å²) in [6, 6.07) is 13.1. The number of nitrogens with zero attached hydrogens (tertiary/aromatic N) is 7. The molecule has 3 aromatic carbocycles. The van der Waals surface area contributed by atoms with E-state index in [9.17, 15) is 5.26 Å². The Balaban J connectivity index is 1.24. The molecule has 0 saturated carbocycles. The van der Waals surface area contributed by atoms with Crippen LogP contribution in [-0.2, 0) is 17.5 Å². The summed E-state index contributed by atoms with van der Waals surface area (Å²) in [5.74, 6) is -0.279. The summed E-state index contributed by atoms with van der Waals surface area (Å²) in [5, 5.41) is 22.5. The van der Waals surface area contributed by atoms with Gasteiger partial charge in [0.25, 0.3) is 0 Å². The lowest BCUT2D eigenvalue weighted by atomic mass is 9.92. The summed E-state index contributed by atoms with van der Waals surface area (Å²) in [4.78, 5) is 11.7. The van der Waals surface area contributed by atoms with Gasteiger partial charge in [0, 0.05) is 59.9 Å². The lowest BCUT2D eigenvalue weighted by Gasteiger charge is -2.35. The highest BCUT2D eigenvalue weighted by atomic mass is 32.1. The van der Waals surface area contributed by atoms with E-state index in [0.29, 0.717) is 62.1 Å². The highest BCUT2D eigenvalue weighted by molar-refractivity contribution is 7.23. The third kappa shape index (κ3) is 7.45. The van der Waals surface area contributed by atoms with Crippen molar-refractivity contribution >= 4 is 43.1 Å². The van der Waals surface area contributed by atoms with Gasteiger partial charge in [0.1, 0.15) is 46.6 Å². The zero-order chi connectivity index (χ0) is 41.9. The van der Waals surface area contributed by atoms with Crippen molar-refractivity contribution in [1.82, 2.24) is 30.3 Å². The van der Waals surface area contributed by atoms with Gasteiger partial charge in [-0.3, -0.25) is 0 Å². The summed E-state index contributed by atoms with van der Waals surface area (Å²) < 4.78 is 83.0. The lowest BCUT2D eigenvalue weighted by Crippen LogP contribution is -2.51. The van der Waals surface area contributed by atoms with E-state index in [4.69, 9.17) is 29.9 Å². The van der Waals surface area contributed by atoms with Gasteiger partial charge in [-0.05, 0) is 48.9 Å². The monoisotopic (exact) mass is 841 g/mol. The normalized spacial score (nSPS) is 19.0. The summed E-state index contributed by atoms with van der Waals surface area (Å²) in [6.45, 7) is 8.13. The number of benzene rings is 3. The Kier molecular flexibility index (Phi) is 10.5. The molecule has 0 radical (unpaired) electrons. The molecular weight excluding hydrogens is 799 g/mol. The minimum atomic E-state index is -4.94. The van der Waals surface area contributed by atoms with Crippen molar-refractivity contribution in [2.45, 2.75) is 83.5 Å². The van der Waals surface area contributed by atoms with Crippen LogP contribution < -0.4 is 25.4 Å². The average molecular weight is 842 g/mol. The van der Waals surface area contributed by atoms with Gasteiger partial charge in [0.15, 0.2) is 5.75 Å². The Morgan fingerprint density at radius 2 is 1.77 bits per heavy atom. The molecule has 3 N–H and O–H groups in total. The number of hydrogen-bond acceptors (Lipinski definition) is 12. The molecule has 312 valence electrons. The Morgan fingerprint density at radius 3 is 2.45 bits per heavy atom. The Labute approximate surface area is 347 Å². The number of alkyl halides is 3. The second kappa shape index (κ2) is 15.8. The highest BCUT2D eigenvalue weighted by Crippen LogP contribution is 2.52. The molecule has 9 rings (SSSR count). The predicted molar refractivity (Wildman–Crippen MR) is 220 cm³/mol. The van der Waals surface area contributed by atoms with Gasteiger partial charge < -0.3 is 30.2 Å². The second-order valence-electron chi connectivity index (χ2n) is 16.1. The van der Waals surface area contributed by atoms with Gasteiger partial charge >= 0.3 is 12.2 Å². The average Bonchev–Trinajstić information content (AvgIpc) is 3.96. The standard InChI is InChI=1S/C43H43F4N9O3S/c1-22(2)23(3)56-20-34(53-54-56)25-6-4-24(5-7-25)21-58-38-36(29-10-11-33(44)39-35(29)31(17-48)40(49)60-39)32(43(45,46)47)16-30-37(38)51-42(59-28-12-14-57-15-13-28)52-41(30)55-18-26-8-9-27(19-55)50-26/h4-7,10-11,16,20,22-23,26-28,50H,8-9,12-15,18-19,21,49H2,1-3H3. The van der Waals surface area contributed by atoms with E-state index in [-0.39, 0.29) is 79.7 Å². The van der Waals surface area contributed by atoms with Crippen LogP contribution in [0, 0.1) is 23.1 Å². The van der Waals surface area contributed by atoms with Gasteiger partial charge in [-0.25, -0.2) is 9.07 Å². The van der Waals surface area contributed by atoms with Gasteiger partial charge in [0.2, 0.25) is 0 Å². The van der Waals surface area contributed by atoms with Crippen molar-refractivity contribution in [3.8, 4) is 40.2 Å². The van der Waals surface area contributed by atoms with Crippen molar-refractivity contribution < 1.29 is 31.8 Å². The fourth-order valence-electron chi connectivity index (χ4n) is 8.39. The smallest absolute Gasteiger partial charge is 0.417 e. The van der Waals surface area contributed by atoms with Crippen LogP contribution in [0.3, 0.4) is 0 Å². The van der Waals surface area contributed by atoms with E-state index in [1.165, 1.54) is 6.07 Å². The van der Waals surface area contributed by atoms with E-state index in [1.807, 2.05) is 46.1 Å². The topological polar surface area (TPSA) is 149 Å². The molecule has 3 atom stereocenters. The molecule has 3 saturated heterocycles. The first-order valence-electron chi connectivity index (χ1n) is 20.1. The zero-order valence-corrected chi connectivity index (χ0v) is 34.0. The first-order chi connectivity index (χ1) is 28.9. The number of hydrogen-bond donors (Lipinski definition) is 2. The molecule has 17 heteroatoms. The Hall–Kier alpha value is -5.57. The van der Waals surface area contributed by atoms with Crippen molar-refractivity contribution in [2.75, 3.05) is 36.9 Å². The molecular formula is C43H43F4N9O3S. The number of aromatic nitrogens is 5. The number of nitrogens with one attached hydrogen (secondary N) is 1. The van der Waals surface area contributed by atoms with E-state index in [2.05, 4.69) is 36.4 Å². The van der Waals surface area contributed by atoms with Crippen molar-refractivity contribution in [3.63, 3.8) is 0 Å². The van der Waals surface area contributed by atoms with E-state index in [1.54, 1.807) is 0 Å². The fraction of sp³-hybridized carbons (Fsp3) is 0.419. The maximum absolute atomic E-state index is 15.7. The number of nitrogen functional groups attached to an aromatic ring is 1. The minimum Gasteiger partial charge on any atom is -0.486 e. The van der Waals surface area contributed by atoms with Gasteiger partial charge in [-0.2, -0.15) is 28.4 Å². The first-order valence-corrected chi connectivity index (χ1v) is 20.9. The van der Waals surface area contributed by atoms with Crippen LogP contribution in [0.25, 0.3) is 43.4 Å². The molecule has 0 amide bonds. The highest BCUT2D eigenvalue weighted by Gasteiger charge is 2.40. The molecule has 3 aromatic heterocycles. The molecule has 3 aliphatic rings. The van der Waals surface area contributed by atoms with E-state index in [0.717, 1.165) is 41.9 Å². The number of fused-ring (bicyclic) bond motifs is 4.